The van der Waals surface area contributed by atoms with Crippen molar-refractivity contribution in [1.29, 1.82) is 5.26 Å². The number of fused-ring (bicyclic) bond motifs is 4. The molecule has 37 heavy (non-hydrogen) atoms. The highest BCUT2D eigenvalue weighted by Crippen LogP contribution is 2.43. The summed E-state index contributed by atoms with van der Waals surface area (Å²) in [5.74, 6) is 0.564. The Bertz CT molecular complexity index is 1750. The van der Waals surface area contributed by atoms with Crippen molar-refractivity contribution < 1.29 is 0 Å². The van der Waals surface area contributed by atoms with Crippen molar-refractivity contribution in [3.8, 4) is 6.07 Å². The zero-order chi connectivity index (χ0) is 24.9. The maximum Gasteiger partial charge on any atom is 0.252 e. The highest BCUT2D eigenvalue weighted by Gasteiger charge is 2.42. The van der Waals surface area contributed by atoms with Crippen LogP contribution in [0.15, 0.2) is 109 Å². The summed E-state index contributed by atoms with van der Waals surface area (Å²) in [5.41, 5.74) is 9.54. The highest BCUT2D eigenvalue weighted by atomic mass is 15.2. The maximum absolute atomic E-state index is 9.63. The molecule has 0 atom stereocenters. The first-order chi connectivity index (χ1) is 18.3. The van der Waals surface area contributed by atoms with E-state index in [1.165, 1.54) is 17.0 Å². The van der Waals surface area contributed by atoms with Crippen LogP contribution < -0.4 is 26.2 Å². The van der Waals surface area contributed by atoms with Gasteiger partial charge in [0.05, 0.1) is 6.57 Å². The molecule has 5 nitrogen and oxygen atoms in total. The molecule has 0 fully saturated rings. The van der Waals surface area contributed by atoms with Crippen molar-refractivity contribution in [2.75, 3.05) is 9.80 Å². The smallest absolute Gasteiger partial charge is 0.252 e. The minimum absolute atomic E-state index is 0.0364. The molecule has 0 unspecified atom stereocenters. The third-order valence-corrected chi connectivity index (χ3v) is 7.09. The van der Waals surface area contributed by atoms with Crippen LogP contribution >= 0.6 is 0 Å². The van der Waals surface area contributed by atoms with Crippen molar-refractivity contribution in [2.45, 2.75) is 0 Å². The average molecular weight is 471 g/mol. The standard InChI is InChI=1S/C31H18BN5/c1-34-21-18-22(20-33)35-30(19-21)37-27-15-8-6-13-25(27)32-24-12-5-7-14-26(24)36(23-10-3-2-4-11-23)28-16-9-17-29(37)31(28)32/h2-19H. The van der Waals surface area contributed by atoms with Crippen LogP contribution in [-0.2, 0) is 0 Å². The first-order valence-electron chi connectivity index (χ1n) is 12.0. The number of rotatable bonds is 2. The Kier molecular flexibility index (Phi) is 4.61. The van der Waals surface area contributed by atoms with E-state index in [-0.39, 0.29) is 12.4 Å². The quantitative estimate of drug-likeness (QED) is 0.244. The molecule has 0 spiro atoms. The molecule has 0 amide bonds. The highest BCUT2D eigenvalue weighted by molar-refractivity contribution is 7.00. The van der Waals surface area contributed by atoms with Crippen LogP contribution in [0, 0.1) is 17.9 Å². The number of aromatic nitrogens is 1. The summed E-state index contributed by atoms with van der Waals surface area (Å²) in [6.45, 7) is 7.62. The second kappa shape index (κ2) is 8.12. The molecule has 0 N–H and O–H groups in total. The first kappa shape index (κ1) is 21.0. The van der Waals surface area contributed by atoms with Crippen LogP contribution in [0.25, 0.3) is 4.85 Å². The lowest BCUT2D eigenvalue weighted by Gasteiger charge is -2.43. The third kappa shape index (κ3) is 3.07. The van der Waals surface area contributed by atoms with Gasteiger partial charge in [-0.15, -0.1) is 0 Å². The topological polar surface area (TPSA) is 47.5 Å². The largest absolute Gasteiger partial charge is 0.311 e. The Morgan fingerprint density at radius 2 is 1.30 bits per heavy atom. The van der Waals surface area contributed by atoms with Crippen molar-refractivity contribution in [2.24, 2.45) is 0 Å². The molecule has 0 saturated carbocycles. The SMILES string of the molecule is [C-]#[N+]c1cc(C#N)nc(N2c3ccccc3B3c4ccccc4N(c4ccccc4)c4cccc2c43)c1. The van der Waals surface area contributed by atoms with E-state index < -0.39 is 0 Å². The van der Waals surface area contributed by atoms with Gasteiger partial charge in [-0.3, -0.25) is 4.90 Å². The number of nitriles is 1. The summed E-state index contributed by atoms with van der Waals surface area (Å²) in [5, 5.41) is 9.63. The Morgan fingerprint density at radius 3 is 1.97 bits per heavy atom. The summed E-state index contributed by atoms with van der Waals surface area (Å²) in [4.78, 5) is 12.7. The Hall–Kier alpha value is -5.33. The molecule has 6 heteroatoms. The fraction of sp³-hybridized carbons (Fsp3) is 0. The molecule has 0 radical (unpaired) electrons. The lowest BCUT2D eigenvalue weighted by molar-refractivity contribution is 1.16. The van der Waals surface area contributed by atoms with Crippen LogP contribution in [0.5, 0.6) is 0 Å². The van der Waals surface area contributed by atoms with Crippen molar-refractivity contribution in [3.63, 3.8) is 0 Å². The minimum Gasteiger partial charge on any atom is -0.311 e. The van der Waals surface area contributed by atoms with Gasteiger partial charge < -0.3 is 4.90 Å². The number of benzene rings is 4. The number of hydrogen-bond donors (Lipinski definition) is 0. The fourth-order valence-electron chi connectivity index (χ4n) is 5.68. The normalized spacial score (nSPS) is 12.6. The van der Waals surface area contributed by atoms with Gasteiger partial charge >= 0.3 is 0 Å². The van der Waals surface area contributed by atoms with Gasteiger partial charge in [-0.1, -0.05) is 60.7 Å². The van der Waals surface area contributed by atoms with E-state index in [0.717, 1.165) is 33.9 Å². The number of nitrogens with zero attached hydrogens (tertiary/aromatic N) is 5. The summed E-state index contributed by atoms with van der Waals surface area (Å²) < 4.78 is 0. The molecule has 3 heterocycles. The molecular formula is C31H18BN5. The summed E-state index contributed by atoms with van der Waals surface area (Å²) in [6.07, 6.45) is 0. The molecule has 2 aliphatic heterocycles. The molecule has 4 aromatic carbocycles. The number of para-hydroxylation sites is 3. The first-order valence-corrected chi connectivity index (χ1v) is 12.0. The lowest BCUT2D eigenvalue weighted by atomic mass is 9.33. The van der Waals surface area contributed by atoms with Crippen LogP contribution in [0.2, 0.25) is 0 Å². The van der Waals surface area contributed by atoms with Gasteiger partial charge in [0.25, 0.3) is 6.71 Å². The van der Waals surface area contributed by atoms with Gasteiger partial charge in [0.15, 0.2) is 5.69 Å². The van der Waals surface area contributed by atoms with Crippen molar-refractivity contribution in [1.82, 2.24) is 4.98 Å². The fourth-order valence-corrected chi connectivity index (χ4v) is 5.68. The van der Waals surface area contributed by atoms with E-state index >= 15 is 0 Å². The predicted octanol–water partition coefficient (Wildman–Crippen LogP) is 5.59. The van der Waals surface area contributed by atoms with E-state index in [2.05, 4.69) is 111 Å². The number of pyridine rings is 1. The van der Waals surface area contributed by atoms with Gasteiger partial charge in [-0.2, -0.15) is 5.26 Å². The number of hydrogen-bond acceptors (Lipinski definition) is 4. The van der Waals surface area contributed by atoms with Crippen molar-refractivity contribution >= 4 is 63.0 Å². The second-order valence-corrected chi connectivity index (χ2v) is 9.06. The van der Waals surface area contributed by atoms with Gasteiger partial charge in [0.1, 0.15) is 17.6 Å². The molecule has 0 bridgehead atoms. The van der Waals surface area contributed by atoms with Crippen LogP contribution in [0.4, 0.5) is 39.9 Å². The van der Waals surface area contributed by atoms with Gasteiger partial charge in [-0.05, 0) is 64.9 Å². The van der Waals surface area contributed by atoms with E-state index in [9.17, 15) is 5.26 Å². The van der Waals surface area contributed by atoms with Crippen LogP contribution in [0.3, 0.4) is 0 Å². The van der Waals surface area contributed by atoms with Gasteiger partial charge in [-0.25, -0.2) is 9.83 Å². The molecular weight excluding hydrogens is 453 g/mol. The molecule has 0 aliphatic carbocycles. The predicted molar refractivity (Wildman–Crippen MR) is 149 cm³/mol. The van der Waals surface area contributed by atoms with E-state index in [1.807, 2.05) is 12.1 Å². The Balaban J connectivity index is 1.57. The summed E-state index contributed by atoms with van der Waals surface area (Å²) in [6, 6.07) is 39.1. The zero-order valence-corrected chi connectivity index (χ0v) is 19.7. The molecule has 1 aromatic heterocycles. The summed E-state index contributed by atoms with van der Waals surface area (Å²) in [7, 11) is 0. The second-order valence-electron chi connectivity index (χ2n) is 9.06. The maximum atomic E-state index is 9.63. The Morgan fingerprint density at radius 1 is 0.703 bits per heavy atom. The third-order valence-electron chi connectivity index (χ3n) is 7.09. The lowest BCUT2D eigenvalue weighted by Crippen LogP contribution is -2.61. The van der Waals surface area contributed by atoms with Crippen molar-refractivity contribution in [3.05, 3.63) is 126 Å². The average Bonchev–Trinajstić information content (AvgIpc) is 2.97. The molecule has 0 saturated heterocycles. The minimum atomic E-state index is 0.0364. The van der Waals surface area contributed by atoms with Crippen LogP contribution in [0.1, 0.15) is 5.69 Å². The van der Waals surface area contributed by atoms with Crippen LogP contribution in [-0.4, -0.2) is 11.7 Å². The van der Waals surface area contributed by atoms with E-state index in [4.69, 9.17) is 6.57 Å². The molecule has 170 valence electrons. The molecule has 5 aromatic rings. The molecule has 2 aliphatic rings. The monoisotopic (exact) mass is 471 g/mol. The Labute approximate surface area is 215 Å². The zero-order valence-electron chi connectivity index (χ0n) is 19.7. The number of anilines is 6. The van der Waals surface area contributed by atoms with E-state index in [1.54, 1.807) is 6.07 Å². The summed E-state index contributed by atoms with van der Waals surface area (Å²) >= 11 is 0. The van der Waals surface area contributed by atoms with Gasteiger partial charge in [0, 0.05) is 28.4 Å². The van der Waals surface area contributed by atoms with E-state index in [0.29, 0.717) is 11.5 Å². The van der Waals surface area contributed by atoms with Gasteiger partial charge in [0.2, 0.25) is 0 Å². The molecule has 7 rings (SSSR count).